The molecule has 0 radical (unpaired) electrons. The Morgan fingerprint density at radius 2 is 0.904 bits per heavy atom. The lowest BCUT2D eigenvalue weighted by atomic mass is 10.0. The molecule has 0 fully saturated rings. The molecule has 1 heterocycles. The van der Waals surface area contributed by atoms with Crippen LogP contribution in [0.3, 0.4) is 0 Å². The van der Waals surface area contributed by atoms with E-state index in [1.54, 1.807) is 0 Å². The van der Waals surface area contributed by atoms with Gasteiger partial charge in [-0.1, -0.05) is 146 Å². The molecule has 0 N–H and O–H groups in total. The van der Waals surface area contributed by atoms with Gasteiger partial charge in [-0.2, -0.15) is 0 Å². The minimum Gasteiger partial charge on any atom is -0.310 e. The second-order valence-corrected chi connectivity index (χ2v) is 13.4. The van der Waals surface area contributed by atoms with E-state index < -0.39 is 0 Å². The van der Waals surface area contributed by atoms with E-state index >= 15 is 0 Å². The van der Waals surface area contributed by atoms with Gasteiger partial charge in [0.1, 0.15) is 0 Å². The van der Waals surface area contributed by atoms with Crippen molar-refractivity contribution in [2.24, 2.45) is 0 Å². The molecule has 0 atom stereocenters. The van der Waals surface area contributed by atoms with Crippen molar-refractivity contribution in [3.63, 3.8) is 0 Å². The van der Waals surface area contributed by atoms with Crippen molar-refractivity contribution in [3.05, 3.63) is 206 Å². The average Bonchev–Trinajstić information content (AvgIpc) is 3.56. The number of para-hydroxylation sites is 1. The van der Waals surface area contributed by atoms with E-state index in [2.05, 4.69) is 216 Å². The number of nitrogens with zero attached hydrogens (tertiary/aromatic N) is 2. The minimum atomic E-state index is 1.10. The highest BCUT2D eigenvalue weighted by molar-refractivity contribution is 6.19. The highest BCUT2D eigenvalue weighted by atomic mass is 15.1. The summed E-state index contributed by atoms with van der Waals surface area (Å²) in [4.78, 5) is 2.39. The van der Waals surface area contributed by atoms with Gasteiger partial charge in [0.2, 0.25) is 0 Å². The Morgan fingerprint density at radius 3 is 1.73 bits per heavy atom. The Labute approximate surface area is 303 Å². The maximum absolute atomic E-state index is 2.43. The number of hydrogen-bond acceptors (Lipinski definition) is 1. The normalized spacial score (nSPS) is 11.5. The second kappa shape index (κ2) is 12.5. The van der Waals surface area contributed by atoms with Crippen LogP contribution in [0.1, 0.15) is 0 Å². The summed E-state index contributed by atoms with van der Waals surface area (Å²) in [6.07, 6.45) is 0. The van der Waals surface area contributed by atoms with Gasteiger partial charge >= 0.3 is 0 Å². The third-order valence-electron chi connectivity index (χ3n) is 10.3. The lowest BCUT2D eigenvalue weighted by Gasteiger charge is -2.26. The predicted molar refractivity (Wildman–Crippen MR) is 221 cm³/mol. The first-order valence-electron chi connectivity index (χ1n) is 17.8. The van der Waals surface area contributed by atoms with Crippen LogP contribution in [-0.2, 0) is 0 Å². The van der Waals surface area contributed by atoms with Crippen molar-refractivity contribution in [1.29, 1.82) is 0 Å². The predicted octanol–water partition coefficient (Wildman–Crippen LogP) is 13.9. The largest absolute Gasteiger partial charge is 0.310 e. The smallest absolute Gasteiger partial charge is 0.0619 e. The summed E-state index contributed by atoms with van der Waals surface area (Å²) in [7, 11) is 0. The van der Waals surface area contributed by atoms with Gasteiger partial charge in [-0.05, 0) is 99.1 Å². The highest BCUT2D eigenvalue weighted by Gasteiger charge is 2.19. The molecule has 9 aromatic carbocycles. The van der Waals surface area contributed by atoms with Gasteiger partial charge in [0, 0.05) is 38.9 Å². The SMILES string of the molecule is c1ccc(-c2cccc(N(c3ccc(-c4ccc5ccccc5c4)cc3)c3ccc4c(c3)c3ccc5ccccc5c3n4-c3ccccc3)c2)cc1. The van der Waals surface area contributed by atoms with Crippen LogP contribution < -0.4 is 4.90 Å². The van der Waals surface area contributed by atoms with Gasteiger partial charge in [0.15, 0.2) is 0 Å². The number of hydrogen-bond donors (Lipinski definition) is 0. The van der Waals surface area contributed by atoms with Crippen molar-refractivity contribution >= 4 is 60.4 Å². The van der Waals surface area contributed by atoms with E-state index in [-0.39, 0.29) is 0 Å². The van der Waals surface area contributed by atoms with Crippen LogP contribution in [0.25, 0.3) is 71.3 Å². The van der Waals surface area contributed by atoms with Crippen molar-refractivity contribution in [2.45, 2.75) is 0 Å². The Balaban J connectivity index is 1.17. The maximum atomic E-state index is 2.43. The zero-order chi connectivity index (χ0) is 34.4. The Bertz CT molecular complexity index is 2890. The molecule has 0 spiro atoms. The van der Waals surface area contributed by atoms with Crippen LogP contribution in [0.4, 0.5) is 17.1 Å². The molecule has 0 saturated carbocycles. The van der Waals surface area contributed by atoms with Crippen molar-refractivity contribution in [3.8, 4) is 27.9 Å². The van der Waals surface area contributed by atoms with Crippen LogP contribution in [0, 0.1) is 0 Å². The van der Waals surface area contributed by atoms with Gasteiger partial charge < -0.3 is 9.47 Å². The highest BCUT2D eigenvalue weighted by Crippen LogP contribution is 2.42. The van der Waals surface area contributed by atoms with E-state index in [4.69, 9.17) is 0 Å². The number of rotatable bonds is 6. The van der Waals surface area contributed by atoms with E-state index in [1.807, 2.05) is 0 Å². The summed E-state index contributed by atoms with van der Waals surface area (Å²) in [5.74, 6) is 0. The number of anilines is 3. The quantitative estimate of drug-likeness (QED) is 0.172. The molecule has 0 amide bonds. The van der Waals surface area contributed by atoms with E-state index in [0.29, 0.717) is 0 Å². The van der Waals surface area contributed by atoms with Crippen LogP contribution >= 0.6 is 0 Å². The van der Waals surface area contributed by atoms with Gasteiger partial charge in [-0.3, -0.25) is 0 Å². The molecule has 10 aromatic rings. The Morgan fingerprint density at radius 1 is 0.308 bits per heavy atom. The molecule has 10 rings (SSSR count). The fourth-order valence-corrected chi connectivity index (χ4v) is 7.83. The summed E-state index contributed by atoms with van der Waals surface area (Å²) in [6, 6.07) is 74.7. The van der Waals surface area contributed by atoms with E-state index in [0.717, 1.165) is 22.7 Å². The first kappa shape index (κ1) is 30.0. The zero-order valence-electron chi connectivity index (χ0n) is 28.5. The lowest BCUT2D eigenvalue weighted by molar-refractivity contribution is 1.18. The van der Waals surface area contributed by atoms with Crippen LogP contribution in [0.15, 0.2) is 206 Å². The molecule has 0 aliphatic heterocycles. The monoisotopic (exact) mass is 662 g/mol. The number of fused-ring (bicyclic) bond motifs is 6. The summed E-state index contributed by atoms with van der Waals surface area (Å²) < 4.78 is 2.43. The molecular formula is C50H34N2. The first-order valence-corrected chi connectivity index (χ1v) is 17.8. The van der Waals surface area contributed by atoms with Crippen molar-refractivity contribution in [1.82, 2.24) is 4.57 Å². The molecule has 52 heavy (non-hydrogen) atoms. The number of benzene rings is 9. The third-order valence-corrected chi connectivity index (χ3v) is 10.3. The molecule has 0 unspecified atom stereocenters. The van der Waals surface area contributed by atoms with E-state index in [1.165, 1.54) is 65.6 Å². The first-order chi connectivity index (χ1) is 25.8. The molecule has 0 bridgehead atoms. The minimum absolute atomic E-state index is 1.10. The summed E-state index contributed by atoms with van der Waals surface area (Å²) >= 11 is 0. The van der Waals surface area contributed by atoms with Gasteiger partial charge in [0.25, 0.3) is 0 Å². The maximum Gasteiger partial charge on any atom is 0.0619 e. The molecule has 0 aliphatic rings. The molecule has 2 nitrogen and oxygen atoms in total. The topological polar surface area (TPSA) is 8.17 Å². The standard InChI is InChI=1S/C50H34N2/c1-3-12-35(13-4-1)40-17-11-20-44(33-40)51(43-27-24-37(25-28-43)41-23-22-36-14-7-8-16-39(36)32-41)45-29-31-49-48(34-45)47-30-26-38-15-9-10-21-46(38)50(47)52(49)42-18-5-2-6-19-42/h1-34H. The fourth-order valence-electron chi connectivity index (χ4n) is 7.83. The molecular weight excluding hydrogens is 629 g/mol. The van der Waals surface area contributed by atoms with Crippen LogP contribution in [0.2, 0.25) is 0 Å². The van der Waals surface area contributed by atoms with Crippen molar-refractivity contribution in [2.75, 3.05) is 4.90 Å². The zero-order valence-corrected chi connectivity index (χ0v) is 28.5. The van der Waals surface area contributed by atoms with Gasteiger partial charge in [-0.25, -0.2) is 0 Å². The van der Waals surface area contributed by atoms with E-state index in [9.17, 15) is 0 Å². The van der Waals surface area contributed by atoms with Crippen molar-refractivity contribution < 1.29 is 0 Å². The molecule has 0 saturated heterocycles. The third kappa shape index (κ3) is 5.12. The Kier molecular flexibility index (Phi) is 7.18. The fraction of sp³-hybridized carbons (Fsp3) is 0. The summed E-state index contributed by atoms with van der Waals surface area (Å²) in [6.45, 7) is 0. The molecule has 2 heteroatoms. The van der Waals surface area contributed by atoms with Gasteiger partial charge in [-0.15, -0.1) is 0 Å². The summed E-state index contributed by atoms with van der Waals surface area (Å²) in [5.41, 5.74) is 11.7. The lowest BCUT2D eigenvalue weighted by Crippen LogP contribution is -2.10. The summed E-state index contributed by atoms with van der Waals surface area (Å²) in [5, 5.41) is 7.45. The molecule has 0 aliphatic carbocycles. The number of aromatic nitrogens is 1. The molecule has 244 valence electrons. The van der Waals surface area contributed by atoms with Crippen LogP contribution in [-0.4, -0.2) is 4.57 Å². The molecule has 1 aromatic heterocycles. The second-order valence-electron chi connectivity index (χ2n) is 13.4. The van der Waals surface area contributed by atoms with Gasteiger partial charge in [0.05, 0.1) is 11.0 Å². The van der Waals surface area contributed by atoms with Crippen LogP contribution in [0.5, 0.6) is 0 Å². The Hall–Kier alpha value is -6.90. The average molecular weight is 663 g/mol.